The Morgan fingerprint density at radius 3 is 2.95 bits per heavy atom. The van der Waals surface area contributed by atoms with E-state index in [4.69, 9.17) is 14.2 Å². The molecule has 6 heteroatoms. The van der Waals surface area contributed by atoms with Crippen LogP contribution < -0.4 is 14.2 Å². The molecule has 2 aliphatic heterocycles. The van der Waals surface area contributed by atoms with Crippen LogP contribution in [-0.4, -0.2) is 43.5 Å². The van der Waals surface area contributed by atoms with Crippen molar-refractivity contribution in [2.75, 3.05) is 26.6 Å². The second kappa shape index (κ2) is 5.19. The molecule has 1 saturated heterocycles. The van der Waals surface area contributed by atoms with E-state index in [1.807, 2.05) is 0 Å². The number of alkyl halides is 1. The fourth-order valence-electron chi connectivity index (χ4n) is 2.31. The van der Waals surface area contributed by atoms with Gasteiger partial charge in [0, 0.05) is 25.1 Å². The molecular weight excluding hydrogens is 265 g/mol. The predicted molar refractivity (Wildman–Crippen MR) is 68.7 cm³/mol. The smallest absolute Gasteiger partial charge is 0.263 e. The molecule has 108 valence electrons. The Hall–Kier alpha value is -1.98. The van der Waals surface area contributed by atoms with E-state index >= 15 is 0 Å². The van der Waals surface area contributed by atoms with Crippen molar-refractivity contribution in [3.8, 4) is 17.2 Å². The van der Waals surface area contributed by atoms with Crippen molar-refractivity contribution < 1.29 is 23.4 Å². The molecule has 0 spiro atoms. The highest BCUT2D eigenvalue weighted by atomic mass is 19.1. The van der Waals surface area contributed by atoms with Crippen LogP contribution in [0.5, 0.6) is 17.2 Å². The first-order valence-electron chi connectivity index (χ1n) is 6.58. The molecule has 2 aliphatic rings. The van der Waals surface area contributed by atoms with Gasteiger partial charge in [-0.25, -0.2) is 0 Å². The summed E-state index contributed by atoms with van der Waals surface area (Å²) in [5, 5.41) is 0. The highest BCUT2D eigenvalue weighted by Crippen LogP contribution is 2.35. The fraction of sp³-hybridized carbons (Fsp3) is 0.500. The summed E-state index contributed by atoms with van der Waals surface area (Å²) in [5.74, 6) is 1.70. The Morgan fingerprint density at radius 2 is 2.20 bits per heavy atom. The van der Waals surface area contributed by atoms with Crippen LogP contribution in [0.3, 0.4) is 0 Å². The number of hydrogen-bond acceptors (Lipinski definition) is 4. The quantitative estimate of drug-likeness (QED) is 0.841. The van der Waals surface area contributed by atoms with Gasteiger partial charge in [-0.2, -0.15) is 0 Å². The van der Waals surface area contributed by atoms with Crippen LogP contribution >= 0.6 is 0 Å². The van der Waals surface area contributed by atoms with Crippen molar-refractivity contribution in [2.24, 2.45) is 5.92 Å². The van der Waals surface area contributed by atoms with Crippen LogP contribution in [0, 0.1) is 5.92 Å². The van der Waals surface area contributed by atoms with Crippen LogP contribution in [0.1, 0.15) is 6.92 Å². The van der Waals surface area contributed by atoms with Gasteiger partial charge < -0.3 is 19.1 Å². The molecule has 3 rings (SSSR count). The van der Waals surface area contributed by atoms with Gasteiger partial charge in [0.25, 0.3) is 5.91 Å². The fourth-order valence-corrected chi connectivity index (χ4v) is 2.31. The molecule has 1 atom stereocenters. The zero-order valence-electron chi connectivity index (χ0n) is 11.2. The number of rotatable bonds is 4. The monoisotopic (exact) mass is 281 g/mol. The van der Waals surface area contributed by atoms with Gasteiger partial charge in [-0.05, 0) is 19.1 Å². The Balaban J connectivity index is 1.58. The van der Waals surface area contributed by atoms with Gasteiger partial charge in [0.15, 0.2) is 17.6 Å². The van der Waals surface area contributed by atoms with Crippen LogP contribution in [0.2, 0.25) is 0 Å². The molecule has 0 saturated carbocycles. The van der Waals surface area contributed by atoms with E-state index in [0.29, 0.717) is 30.3 Å². The zero-order valence-corrected chi connectivity index (χ0v) is 11.2. The summed E-state index contributed by atoms with van der Waals surface area (Å²) in [5.41, 5.74) is 0. The molecule has 1 fully saturated rings. The molecule has 0 N–H and O–H groups in total. The van der Waals surface area contributed by atoms with E-state index in [2.05, 4.69) is 0 Å². The van der Waals surface area contributed by atoms with Gasteiger partial charge in [0.1, 0.15) is 5.75 Å². The molecule has 1 aromatic carbocycles. The summed E-state index contributed by atoms with van der Waals surface area (Å²) in [7, 11) is 0. The summed E-state index contributed by atoms with van der Waals surface area (Å²) in [4.78, 5) is 13.7. The van der Waals surface area contributed by atoms with E-state index in [-0.39, 0.29) is 25.3 Å². The minimum atomic E-state index is -0.601. The average molecular weight is 281 g/mol. The number of halogens is 1. The van der Waals surface area contributed by atoms with Crippen LogP contribution in [0.4, 0.5) is 4.39 Å². The average Bonchev–Trinajstić information content (AvgIpc) is 2.84. The number of benzene rings is 1. The molecule has 1 amide bonds. The molecule has 5 nitrogen and oxygen atoms in total. The largest absolute Gasteiger partial charge is 0.481 e. The van der Waals surface area contributed by atoms with Gasteiger partial charge in [0.05, 0.1) is 6.67 Å². The number of carbonyl (C=O) groups excluding carboxylic acids is 1. The van der Waals surface area contributed by atoms with Crippen molar-refractivity contribution in [2.45, 2.75) is 13.0 Å². The van der Waals surface area contributed by atoms with E-state index in [1.165, 1.54) is 0 Å². The summed E-state index contributed by atoms with van der Waals surface area (Å²) in [6.45, 7) is 2.47. The lowest BCUT2D eigenvalue weighted by Crippen LogP contribution is -2.54. The third-order valence-electron chi connectivity index (χ3n) is 3.49. The molecule has 0 radical (unpaired) electrons. The maximum absolute atomic E-state index is 12.4. The zero-order chi connectivity index (χ0) is 14.1. The van der Waals surface area contributed by atoms with E-state index in [9.17, 15) is 9.18 Å². The Morgan fingerprint density at radius 1 is 1.45 bits per heavy atom. The number of hydrogen-bond donors (Lipinski definition) is 0. The molecule has 0 unspecified atom stereocenters. The van der Waals surface area contributed by atoms with Gasteiger partial charge in [-0.15, -0.1) is 0 Å². The normalized spacial score (nSPS) is 18.6. The first-order chi connectivity index (χ1) is 9.67. The molecule has 1 aromatic rings. The summed E-state index contributed by atoms with van der Waals surface area (Å²) in [6.07, 6.45) is -0.601. The summed E-state index contributed by atoms with van der Waals surface area (Å²) in [6, 6.07) is 5.18. The molecule has 0 aromatic heterocycles. The minimum absolute atomic E-state index is 0.0170. The summed E-state index contributed by atoms with van der Waals surface area (Å²) < 4.78 is 28.4. The van der Waals surface area contributed by atoms with Crippen LogP contribution in [-0.2, 0) is 4.79 Å². The second-order valence-electron chi connectivity index (χ2n) is 5.04. The molecule has 0 bridgehead atoms. The van der Waals surface area contributed by atoms with Gasteiger partial charge in [-0.1, -0.05) is 0 Å². The second-order valence-corrected chi connectivity index (χ2v) is 5.04. The lowest BCUT2D eigenvalue weighted by molar-refractivity contribution is -0.144. The van der Waals surface area contributed by atoms with Crippen molar-refractivity contribution in [1.82, 2.24) is 4.90 Å². The maximum Gasteiger partial charge on any atom is 0.263 e. The van der Waals surface area contributed by atoms with Crippen molar-refractivity contribution in [3.05, 3.63) is 18.2 Å². The number of carbonyl (C=O) groups is 1. The number of fused-ring (bicyclic) bond motifs is 1. The number of nitrogens with zero attached hydrogens (tertiary/aromatic N) is 1. The topological polar surface area (TPSA) is 48.0 Å². The molecule has 20 heavy (non-hydrogen) atoms. The van der Waals surface area contributed by atoms with Gasteiger partial charge in [0.2, 0.25) is 6.79 Å². The Labute approximate surface area is 116 Å². The summed E-state index contributed by atoms with van der Waals surface area (Å²) >= 11 is 0. The van der Waals surface area contributed by atoms with E-state index < -0.39 is 6.10 Å². The van der Waals surface area contributed by atoms with Crippen molar-refractivity contribution in [3.63, 3.8) is 0 Å². The highest BCUT2D eigenvalue weighted by molar-refractivity contribution is 5.81. The third kappa shape index (κ3) is 2.37. The van der Waals surface area contributed by atoms with Crippen molar-refractivity contribution >= 4 is 5.91 Å². The van der Waals surface area contributed by atoms with Crippen LogP contribution in [0.25, 0.3) is 0 Å². The van der Waals surface area contributed by atoms with Gasteiger partial charge >= 0.3 is 0 Å². The van der Waals surface area contributed by atoms with Crippen LogP contribution in [0.15, 0.2) is 18.2 Å². The molecule has 0 aliphatic carbocycles. The third-order valence-corrected chi connectivity index (χ3v) is 3.49. The Bertz CT molecular complexity index is 516. The molecule has 2 heterocycles. The van der Waals surface area contributed by atoms with E-state index in [1.54, 1.807) is 30.0 Å². The minimum Gasteiger partial charge on any atom is -0.481 e. The Kier molecular flexibility index (Phi) is 3.38. The molecular formula is C14H16FNO4. The highest BCUT2D eigenvalue weighted by Gasteiger charge is 2.33. The first-order valence-corrected chi connectivity index (χ1v) is 6.58. The van der Waals surface area contributed by atoms with Gasteiger partial charge in [-0.3, -0.25) is 9.18 Å². The SMILES string of the molecule is C[C@@H](Oc1ccc2c(c1)OCO2)C(=O)N1CC(CF)C1. The predicted octanol–water partition coefficient (Wildman–Crippen LogP) is 1.61. The lowest BCUT2D eigenvalue weighted by atomic mass is 10.0. The number of amides is 1. The number of likely N-dealkylation sites (tertiary alicyclic amines) is 1. The lowest BCUT2D eigenvalue weighted by Gasteiger charge is -2.39. The standard InChI is InChI=1S/C14H16FNO4/c1-9(14(17)16-6-10(5-15)7-16)20-11-2-3-12-13(4-11)19-8-18-12/h2-4,9-10H,5-8H2,1H3/t9-/m1/s1. The first kappa shape index (κ1) is 13.0. The van der Waals surface area contributed by atoms with E-state index in [0.717, 1.165) is 0 Å². The maximum atomic E-state index is 12.4. The van der Waals surface area contributed by atoms with Crippen molar-refractivity contribution in [1.29, 1.82) is 0 Å². The number of ether oxygens (including phenoxy) is 3.